The smallest absolute Gasteiger partial charge is 0.238 e. The van der Waals surface area contributed by atoms with Crippen molar-refractivity contribution in [3.05, 3.63) is 0 Å². The Labute approximate surface area is 66.7 Å². The van der Waals surface area contributed by atoms with E-state index in [9.17, 15) is 4.79 Å². The maximum absolute atomic E-state index is 10.1. The molecule has 0 fully saturated rings. The minimum atomic E-state index is -0.453. The van der Waals surface area contributed by atoms with Gasteiger partial charge in [-0.25, -0.2) is 0 Å². The second-order valence-electron chi connectivity index (χ2n) is 2.28. The second kappa shape index (κ2) is 6.87. The number of alkyl halides is 1. The predicted octanol–water partition coefficient (Wildman–Crippen LogP) is 1.99. The first-order valence-electron chi connectivity index (χ1n) is 3.57. The number of hydrogen-bond donors (Lipinski definition) is 0. The molecule has 0 aliphatic heterocycles. The van der Waals surface area contributed by atoms with Gasteiger partial charge in [0.05, 0.1) is 0 Å². The number of hydrogen-bond acceptors (Lipinski definition) is 1. The molecule has 3 heteroatoms. The molecule has 0 aliphatic carbocycles. The molecule has 1 radical (unpaired) electrons. The van der Waals surface area contributed by atoms with E-state index < -0.39 is 5.91 Å². The summed E-state index contributed by atoms with van der Waals surface area (Å²) in [4.78, 5) is 10.1. The summed E-state index contributed by atoms with van der Waals surface area (Å²) in [6.07, 6.45) is 4.38. The number of carbonyl (C=O) groups is 1. The number of nitrogens with one attached hydrogen (secondary N) is 1. The van der Waals surface area contributed by atoms with Gasteiger partial charge in [-0.3, -0.25) is 10.5 Å². The van der Waals surface area contributed by atoms with Gasteiger partial charge in [-0.2, -0.15) is 0 Å². The molecule has 0 saturated carbocycles. The molecule has 0 atom stereocenters. The van der Waals surface area contributed by atoms with Crippen molar-refractivity contribution in [2.24, 2.45) is 0 Å². The molecular weight excluding hydrogens is 150 g/mol. The van der Waals surface area contributed by atoms with Crippen LogP contribution in [0.5, 0.6) is 0 Å². The SMILES string of the molecule is [NH]C(=O)CCCCCCCl. The fourth-order valence-corrected chi connectivity index (χ4v) is 0.923. The van der Waals surface area contributed by atoms with E-state index >= 15 is 0 Å². The van der Waals surface area contributed by atoms with Crippen molar-refractivity contribution in [2.45, 2.75) is 32.1 Å². The van der Waals surface area contributed by atoms with Gasteiger partial charge >= 0.3 is 0 Å². The summed E-state index contributed by atoms with van der Waals surface area (Å²) < 4.78 is 0. The Balaban J connectivity index is 2.84. The van der Waals surface area contributed by atoms with Crippen LogP contribution in [0, 0.1) is 0 Å². The largest absolute Gasteiger partial charge is 0.273 e. The molecule has 2 nitrogen and oxygen atoms in total. The van der Waals surface area contributed by atoms with Crippen LogP contribution in [0.4, 0.5) is 0 Å². The third-order valence-corrected chi connectivity index (χ3v) is 1.55. The quantitative estimate of drug-likeness (QED) is 0.435. The van der Waals surface area contributed by atoms with E-state index in [1.165, 1.54) is 0 Å². The zero-order chi connectivity index (χ0) is 7.82. The number of rotatable bonds is 6. The molecule has 0 bridgehead atoms. The number of unbranched alkanes of at least 4 members (excludes halogenated alkanes) is 3. The topological polar surface area (TPSA) is 40.9 Å². The lowest BCUT2D eigenvalue weighted by Gasteiger charge is -1.94. The second-order valence-corrected chi connectivity index (χ2v) is 2.65. The van der Waals surface area contributed by atoms with E-state index in [2.05, 4.69) is 0 Å². The van der Waals surface area contributed by atoms with Crippen molar-refractivity contribution in [2.75, 3.05) is 5.88 Å². The van der Waals surface area contributed by atoms with Crippen molar-refractivity contribution in [1.29, 1.82) is 0 Å². The van der Waals surface area contributed by atoms with E-state index in [1.54, 1.807) is 0 Å². The molecule has 0 heterocycles. The molecular formula is C7H13ClNO. The van der Waals surface area contributed by atoms with Gasteiger partial charge in [-0.1, -0.05) is 12.8 Å². The zero-order valence-electron chi connectivity index (χ0n) is 6.03. The van der Waals surface area contributed by atoms with Crippen LogP contribution in [0.2, 0.25) is 0 Å². The van der Waals surface area contributed by atoms with E-state index in [0.717, 1.165) is 25.7 Å². The van der Waals surface area contributed by atoms with Crippen molar-refractivity contribution < 1.29 is 4.79 Å². The van der Waals surface area contributed by atoms with Crippen LogP contribution < -0.4 is 5.73 Å². The Hall–Kier alpha value is -0.240. The van der Waals surface area contributed by atoms with Gasteiger partial charge in [0.25, 0.3) is 0 Å². The predicted molar refractivity (Wildman–Crippen MR) is 41.9 cm³/mol. The summed E-state index contributed by atoms with van der Waals surface area (Å²) in [5.41, 5.74) is 6.59. The number of halogens is 1. The molecule has 0 unspecified atom stereocenters. The van der Waals surface area contributed by atoms with Gasteiger partial charge in [0.2, 0.25) is 5.91 Å². The third kappa shape index (κ3) is 7.76. The van der Waals surface area contributed by atoms with Crippen LogP contribution in [0.3, 0.4) is 0 Å². The van der Waals surface area contributed by atoms with Crippen LogP contribution in [-0.2, 0) is 4.79 Å². The summed E-state index contributed by atoms with van der Waals surface area (Å²) in [5.74, 6) is 0.250. The van der Waals surface area contributed by atoms with Crippen molar-refractivity contribution >= 4 is 17.5 Å². The zero-order valence-corrected chi connectivity index (χ0v) is 6.78. The van der Waals surface area contributed by atoms with Crippen LogP contribution in [-0.4, -0.2) is 11.8 Å². The first-order chi connectivity index (χ1) is 4.77. The highest BCUT2D eigenvalue weighted by molar-refractivity contribution is 6.17. The molecule has 0 rings (SSSR count). The normalized spacial score (nSPS) is 9.70. The van der Waals surface area contributed by atoms with Crippen LogP contribution >= 0.6 is 11.6 Å². The molecule has 0 aliphatic rings. The first kappa shape index (κ1) is 9.76. The Morgan fingerprint density at radius 3 is 2.30 bits per heavy atom. The van der Waals surface area contributed by atoms with Crippen LogP contribution in [0.25, 0.3) is 0 Å². The van der Waals surface area contributed by atoms with Gasteiger partial charge in [-0.15, -0.1) is 11.6 Å². The Bertz CT molecular complexity index is 95.6. The number of carbonyl (C=O) groups excluding carboxylic acids is 1. The van der Waals surface area contributed by atoms with Gasteiger partial charge in [-0.05, 0) is 12.8 Å². The summed E-state index contributed by atoms with van der Waals surface area (Å²) in [5, 5.41) is 0. The van der Waals surface area contributed by atoms with E-state index in [4.69, 9.17) is 17.3 Å². The van der Waals surface area contributed by atoms with Gasteiger partial charge < -0.3 is 0 Å². The van der Waals surface area contributed by atoms with Gasteiger partial charge in [0, 0.05) is 12.3 Å². The van der Waals surface area contributed by atoms with Crippen molar-refractivity contribution in [3.63, 3.8) is 0 Å². The maximum atomic E-state index is 10.1. The summed E-state index contributed by atoms with van der Waals surface area (Å²) in [6.45, 7) is 0. The average Bonchev–Trinajstić information content (AvgIpc) is 1.87. The van der Waals surface area contributed by atoms with E-state index in [-0.39, 0.29) is 0 Å². The number of amides is 1. The Morgan fingerprint density at radius 2 is 1.80 bits per heavy atom. The minimum absolute atomic E-state index is 0.405. The highest BCUT2D eigenvalue weighted by Gasteiger charge is 1.93. The standard InChI is InChI=1S/C7H13ClNO/c8-6-4-2-1-3-5-7(9)10/h9H,1-6H2. The monoisotopic (exact) mass is 162 g/mol. The summed E-state index contributed by atoms with van der Waals surface area (Å²) in [6, 6.07) is 0. The molecule has 10 heavy (non-hydrogen) atoms. The molecule has 0 aromatic heterocycles. The fourth-order valence-electron chi connectivity index (χ4n) is 0.734. The minimum Gasteiger partial charge on any atom is -0.273 e. The van der Waals surface area contributed by atoms with Crippen molar-refractivity contribution in [3.8, 4) is 0 Å². The lowest BCUT2D eigenvalue weighted by Crippen LogP contribution is -1.96. The van der Waals surface area contributed by atoms with E-state index in [0.29, 0.717) is 12.3 Å². The fraction of sp³-hybridized carbons (Fsp3) is 0.857. The average molecular weight is 163 g/mol. The Morgan fingerprint density at radius 1 is 1.20 bits per heavy atom. The lowest BCUT2D eigenvalue weighted by molar-refractivity contribution is -0.118. The maximum Gasteiger partial charge on any atom is 0.238 e. The van der Waals surface area contributed by atoms with Crippen molar-refractivity contribution in [1.82, 2.24) is 5.73 Å². The molecule has 1 N–H and O–H groups in total. The molecule has 0 spiro atoms. The summed E-state index contributed by atoms with van der Waals surface area (Å²) >= 11 is 5.44. The molecule has 0 aromatic carbocycles. The summed E-state index contributed by atoms with van der Waals surface area (Å²) in [7, 11) is 0. The first-order valence-corrected chi connectivity index (χ1v) is 4.11. The van der Waals surface area contributed by atoms with E-state index in [1.807, 2.05) is 0 Å². The molecule has 1 amide bonds. The van der Waals surface area contributed by atoms with Crippen LogP contribution in [0.1, 0.15) is 32.1 Å². The van der Waals surface area contributed by atoms with Crippen LogP contribution in [0.15, 0.2) is 0 Å². The third-order valence-electron chi connectivity index (χ3n) is 1.29. The Kier molecular flexibility index (Phi) is 6.71. The molecule has 0 saturated heterocycles. The van der Waals surface area contributed by atoms with Gasteiger partial charge in [0.1, 0.15) is 0 Å². The molecule has 59 valence electrons. The van der Waals surface area contributed by atoms with Gasteiger partial charge in [0.15, 0.2) is 0 Å². The highest BCUT2D eigenvalue weighted by Crippen LogP contribution is 2.03. The molecule has 0 aromatic rings. The highest BCUT2D eigenvalue weighted by atomic mass is 35.5. The lowest BCUT2D eigenvalue weighted by atomic mass is 10.1.